The van der Waals surface area contributed by atoms with Gasteiger partial charge >= 0.3 is 0 Å². The second-order valence-electron chi connectivity index (χ2n) is 4.41. The molecule has 0 radical (unpaired) electrons. The lowest BCUT2D eigenvalue weighted by atomic mass is 9.85. The van der Waals surface area contributed by atoms with Crippen molar-refractivity contribution in [3.63, 3.8) is 0 Å². The van der Waals surface area contributed by atoms with Crippen molar-refractivity contribution in [1.29, 1.82) is 0 Å². The molecule has 0 aromatic heterocycles. The van der Waals surface area contributed by atoms with Crippen LogP contribution in [0, 0.1) is 19.6 Å². The Bertz CT molecular complexity index is 413. The van der Waals surface area contributed by atoms with Crippen molar-refractivity contribution in [3.05, 3.63) is 37.4 Å². The van der Waals surface area contributed by atoms with Gasteiger partial charge in [0.1, 0.15) is 0 Å². The highest BCUT2D eigenvalue weighted by atomic mass is 127. The van der Waals surface area contributed by atoms with Crippen molar-refractivity contribution < 1.29 is 4.92 Å². The van der Waals surface area contributed by atoms with Crippen LogP contribution in [0.4, 0.5) is 5.69 Å². The van der Waals surface area contributed by atoms with Gasteiger partial charge in [-0.2, -0.15) is 0 Å². The number of hydrogen-bond donors (Lipinski definition) is 0. The third-order valence-electron chi connectivity index (χ3n) is 2.76. The topological polar surface area (TPSA) is 43.1 Å². The molecule has 0 heterocycles. The molecule has 2 unspecified atom stereocenters. The van der Waals surface area contributed by atoms with Crippen LogP contribution in [0.15, 0.2) is 18.2 Å². The van der Waals surface area contributed by atoms with Crippen LogP contribution in [0.5, 0.6) is 0 Å². The number of nitro groups is 1. The lowest BCUT2D eigenvalue weighted by molar-refractivity contribution is -0.385. The summed E-state index contributed by atoms with van der Waals surface area (Å²) in [6.45, 7) is 5.95. The highest BCUT2D eigenvalue weighted by Gasteiger charge is 2.28. The second-order valence-corrected chi connectivity index (χ2v) is 6.34. The van der Waals surface area contributed by atoms with E-state index in [9.17, 15) is 10.1 Å². The van der Waals surface area contributed by atoms with E-state index in [-0.39, 0.29) is 27.8 Å². The zero-order valence-corrected chi connectivity index (χ0v) is 12.9. The van der Waals surface area contributed by atoms with Crippen LogP contribution >= 0.6 is 34.2 Å². The van der Waals surface area contributed by atoms with Gasteiger partial charge in [0, 0.05) is 26.5 Å². The van der Waals surface area contributed by atoms with Gasteiger partial charge in [-0.3, -0.25) is 10.1 Å². The molecule has 0 spiro atoms. The molecule has 0 amide bonds. The van der Waals surface area contributed by atoms with Crippen LogP contribution in [0.3, 0.4) is 0 Å². The van der Waals surface area contributed by atoms with E-state index < -0.39 is 0 Å². The number of nitro benzene ring substituents is 1. The van der Waals surface area contributed by atoms with Crippen molar-refractivity contribution in [2.45, 2.75) is 32.1 Å². The van der Waals surface area contributed by atoms with Gasteiger partial charge in [-0.1, -0.05) is 19.9 Å². The van der Waals surface area contributed by atoms with Crippen molar-refractivity contribution >= 4 is 39.9 Å². The predicted molar refractivity (Wildman–Crippen MR) is 78.7 cm³/mol. The maximum Gasteiger partial charge on any atom is 0.273 e. The molecule has 0 aliphatic heterocycles. The largest absolute Gasteiger partial charge is 0.273 e. The molecular weight excluding hydrogens is 352 g/mol. The van der Waals surface area contributed by atoms with Gasteiger partial charge in [0.15, 0.2) is 0 Å². The molecule has 0 aliphatic carbocycles. The highest BCUT2D eigenvalue weighted by Crippen LogP contribution is 2.37. The number of nitrogens with zero attached hydrogens (tertiary/aromatic N) is 1. The average Bonchev–Trinajstić information content (AvgIpc) is 2.19. The van der Waals surface area contributed by atoms with E-state index in [1.807, 2.05) is 32.9 Å². The number of rotatable bonds is 4. The second kappa shape index (κ2) is 6.00. The van der Waals surface area contributed by atoms with Crippen molar-refractivity contribution in [3.8, 4) is 0 Å². The maximum atomic E-state index is 11.1. The van der Waals surface area contributed by atoms with E-state index in [0.29, 0.717) is 0 Å². The third kappa shape index (κ3) is 3.55. The fourth-order valence-corrected chi connectivity index (χ4v) is 3.00. The summed E-state index contributed by atoms with van der Waals surface area (Å²) in [5.74, 6) is 0.260. The van der Waals surface area contributed by atoms with E-state index in [4.69, 9.17) is 11.6 Å². The van der Waals surface area contributed by atoms with Crippen LogP contribution in [0.2, 0.25) is 0 Å². The third-order valence-corrected chi connectivity index (χ3v) is 3.70. The quantitative estimate of drug-likeness (QED) is 0.339. The molecule has 3 nitrogen and oxygen atoms in total. The molecule has 1 aromatic carbocycles. The summed E-state index contributed by atoms with van der Waals surface area (Å²) in [5.41, 5.74) is 0.899. The molecule has 94 valence electrons. The molecule has 1 rings (SSSR count). The van der Waals surface area contributed by atoms with E-state index in [0.717, 1.165) is 9.13 Å². The molecule has 0 N–H and O–H groups in total. The fourth-order valence-electron chi connectivity index (χ4n) is 2.09. The Kier molecular flexibility index (Phi) is 5.19. The first kappa shape index (κ1) is 14.7. The van der Waals surface area contributed by atoms with Gasteiger partial charge in [-0.05, 0) is 41.5 Å². The first-order valence-electron chi connectivity index (χ1n) is 5.42. The van der Waals surface area contributed by atoms with Crippen LogP contribution in [0.25, 0.3) is 0 Å². The monoisotopic (exact) mass is 367 g/mol. The highest BCUT2D eigenvalue weighted by molar-refractivity contribution is 14.1. The maximum absolute atomic E-state index is 11.1. The molecule has 17 heavy (non-hydrogen) atoms. The van der Waals surface area contributed by atoms with Crippen LogP contribution in [0.1, 0.15) is 32.3 Å². The lowest BCUT2D eigenvalue weighted by Gasteiger charge is -2.23. The molecule has 0 bridgehead atoms. The Labute approximate surface area is 120 Å². The minimum absolute atomic E-state index is 0.00549. The summed E-state index contributed by atoms with van der Waals surface area (Å²) in [5, 5.41) is 11.0. The summed E-state index contributed by atoms with van der Waals surface area (Å²) >= 11 is 8.24. The first-order valence-corrected chi connectivity index (χ1v) is 6.94. The smallest absolute Gasteiger partial charge is 0.258 e. The standard InChI is InChI=1S/C12H15ClINO2/c1-7(2)12(8(3)13)10-5-4-9(14)6-11(10)15(16)17/h4-8,12H,1-3H3. The van der Waals surface area contributed by atoms with E-state index >= 15 is 0 Å². The number of alkyl halides is 1. The summed E-state index contributed by atoms with van der Waals surface area (Å²) in [4.78, 5) is 10.8. The van der Waals surface area contributed by atoms with Crippen LogP contribution < -0.4 is 0 Å². The summed E-state index contributed by atoms with van der Waals surface area (Å²) in [7, 11) is 0. The SMILES string of the molecule is CC(C)C(c1ccc(I)cc1[N+](=O)[O-])C(C)Cl. The summed E-state index contributed by atoms with van der Waals surface area (Å²) in [6.07, 6.45) is 0. The summed E-state index contributed by atoms with van der Waals surface area (Å²) < 4.78 is 0.864. The van der Waals surface area contributed by atoms with Crippen LogP contribution in [-0.4, -0.2) is 10.3 Å². The normalized spacial score (nSPS) is 14.7. The van der Waals surface area contributed by atoms with Crippen molar-refractivity contribution in [1.82, 2.24) is 0 Å². The van der Waals surface area contributed by atoms with E-state index in [1.165, 1.54) is 0 Å². The minimum atomic E-state index is -0.327. The molecule has 0 saturated carbocycles. The Balaban J connectivity index is 3.32. The molecule has 0 saturated heterocycles. The Hall–Kier alpha value is -0.360. The predicted octanol–water partition coefficient (Wildman–Crippen LogP) is 4.57. The van der Waals surface area contributed by atoms with Gasteiger partial charge in [0.25, 0.3) is 5.69 Å². The van der Waals surface area contributed by atoms with Crippen LogP contribution in [-0.2, 0) is 0 Å². The zero-order valence-electron chi connectivity index (χ0n) is 9.98. The Morgan fingerprint density at radius 1 is 1.35 bits per heavy atom. The molecule has 0 aliphatic rings. The number of halogens is 2. The Morgan fingerprint density at radius 3 is 2.35 bits per heavy atom. The van der Waals surface area contributed by atoms with E-state index in [2.05, 4.69) is 22.6 Å². The molecule has 5 heteroatoms. The lowest BCUT2D eigenvalue weighted by Crippen LogP contribution is -2.17. The first-order chi connectivity index (χ1) is 7.84. The van der Waals surface area contributed by atoms with Crippen molar-refractivity contribution in [2.24, 2.45) is 5.92 Å². The van der Waals surface area contributed by atoms with E-state index in [1.54, 1.807) is 6.07 Å². The van der Waals surface area contributed by atoms with Gasteiger partial charge in [0.2, 0.25) is 0 Å². The summed E-state index contributed by atoms with van der Waals surface area (Å²) in [6, 6.07) is 5.31. The molecule has 1 aromatic rings. The average molecular weight is 368 g/mol. The molecular formula is C12H15ClINO2. The van der Waals surface area contributed by atoms with Gasteiger partial charge in [0.05, 0.1) is 4.92 Å². The van der Waals surface area contributed by atoms with Gasteiger partial charge in [-0.15, -0.1) is 11.6 Å². The number of hydrogen-bond acceptors (Lipinski definition) is 2. The minimum Gasteiger partial charge on any atom is -0.258 e. The fraction of sp³-hybridized carbons (Fsp3) is 0.500. The zero-order chi connectivity index (χ0) is 13.2. The Morgan fingerprint density at radius 2 is 1.94 bits per heavy atom. The molecule has 2 atom stereocenters. The molecule has 0 fully saturated rings. The number of benzene rings is 1. The van der Waals surface area contributed by atoms with Gasteiger partial charge < -0.3 is 0 Å². The van der Waals surface area contributed by atoms with Gasteiger partial charge in [-0.25, -0.2) is 0 Å². The van der Waals surface area contributed by atoms with Crippen molar-refractivity contribution in [2.75, 3.05) is 0 Å².